The number of thiophene rings is 1. The molecule has 1 amide bonds. The Labute approximate surface area is 216 Å². The molecule has 9 heteroatoms. The van der Waals surface area contributed by atoms with E-state index < -0.39 is 0 Å². The minimum atomic E-state index is -0.173. The van der Waals surface area contributed by atoms with Crippen molar-refractivity contribution in [1.82, 2.24) is 20.6 Å². The number of carbonyl (C=O) groups is 1. The average Bonchev–Trinajstić information content (AvgIpc) is 3.35. The van der Waals surface area contributed by atoms with E-state index in [2.05, 4.69) is 25.5 Å². The lowest BCUT2D eigenvalue weighted by atomic mass is 10.1. The summed E-state index contributed by atoms with van der Waals surface area (Å²) in [7, 11) is 0. The van der Waals surface area contributed by atoms with Crippen LogP contribution in [0.4, 0.5) is 10.2 Å². The zero-order valence-electron chi connectivity index (χ0n) is 19.8. The molecule has 6 nitrogen and oxygen atoms in total. The van der Waals surface area contributed by atoms with Crippen LogP contribution in [-0.4, -0.2) is 48.8 Å². The van der Waals surface area contributed by atoms with Gasteiger partial charge in [0.05, 0.1) is 10.2 Å². The van der Waals surface area contributed by atoms with E-state index in [1.807, 2.05) is 48.7 Å². The maximum Gasteiger partial charge on any atom is 0.207 e. The van der Waals surface area contributed by atoms with Crippen LogP contribution in [0.5, 0.6) is 0 Å². The Morgan fingerprint density at radius 3 is 2.63 bits per heavy atom. The van der Waals surface area contributed by atoms with Crippen LogP contribution in [0, 0.1) is 12.7 Å². The number of halogens is 1. The number of benzene rings is 2. The van der Waals surface area contributed by atoms with Crippen LogP contribution < -0.4 is 15.5 Å². The van der Waals surface area contributed by atoms with Crippen molar-refractivity contribution in [2.24, 2.45) is 0 Å². The third-order valence-electron chi connectivity index (χ3n) is 5.71. The molecule has 35 heavy (non-hydrogen) atoms. The van der Waals surface area contributed by atoms with Crippen molar-refractivity contribution in [3.05, 3.63) is 71.8 Å². The summed E-state index contributed by atoms with van der Waals surface area (Å²) in [4.78, 5) is 23.4. The number of nitrogens with zero attached hydrogens (tertiary/aromatic N) is 3. The van der Waals surface area contributed by atoms with E-state index in [0.717, 1.165) is 58.2 Å². The van der Waals surface area contributed by atoms with Gasteiger partial charge in [0.25, 0.3) is 0 Å². The van der Waals surface area contributed by atoms with E-state index in [4.69, 9.17) is 0 Å². The molecule has 1 fully saturated rings. The molecule has 0 unspecified atom stereocenters. The molecule has 0 aliphatic carbocycles. The molecule has 1 saturated heterocycles. The SMILES string of the molecule is CSc1ccc(CNC=O)cc1.Cc1ccc(-c2cc3ncnc(N4CCNCC4)c3s2)cc1F.[HH].[HH]. The molecule has 2 aromatic heterocycles. The van der Waals surface area contributed by atoms with Gasteiger partial charge in [0.1, 0.15) is 18.0 Å². The quantitative estimate of drug-likeness (QED) is 0.267. The summed E-state index contributed by atoms with van der Waals surface area (Å²) in [6.07, 6.45) is 4.37. The molecule has 0 saturated carbocycles. The second-order valence-corrected chi connectivity index (χ2v) is 10.0. The molecule has 186 valence electrons. The molecule has 0 spiro atoms. The van der Waals surface area contributed by atoms with Gasteiger partial charge in [-0.25, -0.2) is 14.4 Å². The van der Waals surface area contributed by atoms with Gasteiger partial charge in [-0.2, -0.15) is 0 Å². The van der Waals surface area contributed by atoms with Crippen LogP contribution in [0.2, 0.25) is 0 Å². The molecule has 0 bridgehead atoms. The predicted octanol–water partition coefficient (Wildman–Crippen LogP) is 5.36. The van der Waals surface area contributed by atoms with Crippen molar-refractivity contribution < 1.29 is 12.0 Å². The number of hydrogen-bond donors (Lipinski definition) is 2. The molecule has 1 aliphatic heterocycles. The Morgan fingerprint density at radius 1 is 1.17 bits per heavy atom. The molecule has 0 radical (unpaired) electrons. The van der Waals surface area contributed by atoms with E-state index in [9.17, 15) is 9.18 Å². The zero-order chi connectivity index (χ0) is 24.6. The van der Waals surface area contributed by atoms with Gasteiger partial charge in [-0.1, -0.05) is 24.3 Å². The molecule has 5 rings (SSSR count). The van der Waals surface area contributed by atoms with Crippen molar-refractivity contribution in [3.8, 4) is 10.4 Å². The normalized spacial score (nSPS) is 13.3. The van der Waals surface area contributed by atoms with Gasteiger partial charge in [-0.15, -0.1) is 23.1 Å². The average molecular weight is 514 g/mol. The molecular formula is C26H32FN5OS2. The number of anilines is 1. The van der Waals surface area contributed by atoms with Gasteiger partial charge in [0.2, 0.25) is 6.41 Å². The van der Waals surface area contributed by atoms with Gasteiger partial charge in [0.15, 0.2) is 0 Å². The Hall–Kier alpha value is -3.01. The fraction of sp³-hybridized carbons (Fsp3) is 0.269. The number of piperazine rings is 1. The number of fused-ring (bicyclic) bond motifs is 1. The minimum absolute atomic E-state index is 0. The van der Waals surface area contributed by atoms with Gasteiger partial charge in [0, 0.05) is 45.3 Å². The third kappa shape index (κ3) is 6.36. The lowest BCUT2D eigenvalue weighted by Gasteiger charge is -2.28. The first-order valence-electron chi connectivity index (χ1n) is 11.4. The van der Waals surface area contributed by atoms with E-state index in [0.29, 0.717) is 18.5 Å². The molecule has 0 atom stereocenters. The van der Waals surface area contributed by atoms with Crippen LogP contribution in [0.1, 0.15) is 14.0 Å². The number of rotatable bonds is 6. The maximum atomic E-state index is 13.9. The van der Waals surface area contributed by atoms with Crippen LogP contribution in [0.25, 0.3) is 20.7 Å². The first-order valence-corrected chi connectivity index (χ1v) is 13.4. The molecule has 3 heterocycles. The summed E-state index contributed by atoms with van der Waals surface area (Å²) >= 11 is 3.34. The molecule has 4 aromatic rings. The van der Waals surface area contributed by atoms with Crippen LogP contribution in [0.3, 0.4) is 0 Å². The standard InChI is InChI=1S/C17H17FN4S.C9H11NOS.2H2/c1-11-2-3-12(8-13(11)18)15-9-14-16(23-15)17(21-10-20-14)22-6-4-19-5-7-22;1-12-9-4-2-8(3-5-9)6-10-7-11;;/h2-3,8-10,19H,4-7H2,1H3;2-5,7H,6H2,1H3,(H,10,11);2*1H. The lowest BCUT2D eigenvalue weighted by Crippen LogP contribution is -2.43. The first kappa shape index (κ1) is 25.1. The maximum absolute atomic E-state index is 13.9. The van der Waals surface area contributed by atoms with Crippen molar-refractivity contribution >= 4 is 45.5 Å². The minimum Gasteiger partial charge on any atom is -0.355 e. The van der Waals surface area contributed by atoms with Gasteiger partial charge in [-0.3, -0.25) is 4.79 Å². The summed E-state index contributed by atoms with van der Waals surface area (Å²) < 4.78 is 14.9. The van der Waals surface area contributed by atoms with Gasteiger partial charge >= 0.3 is 0 Å². The highest BCUT2D eigenvalue weighted by Gasteiger charge is 2.17. The predicted molar refractivity (Wildman–Crippen MR) is 148 cm³/mol. The molecule has 1 aliphatic rings. The molecule has 2 aromatic carbocycles. The van der Waals surface area contributed by atoms with E-state index in [1.54, 1.807) is 42.4 Å². The smallest absolute Gasteiger partial charge is 0.207 e. The van der Waals surface area contributed by atoms with E-state index >= 15 is 0 Å². The van der Waals surface area contributed by atoms with Crippen LogP contribution in [0.15, 0.2) is 59.8 Å². The fourth-order valence-electron chi connectivity index (χ4n) is 3.74. The number of aromatic nitrogens is 2. The zero-order valence-corrected chi connectivity index (χ0v) is 21.4. The first-order chi connectivity index (χ1) is 17.1. The summed E-state index contributed by atoms with van der Waals surface area (Å²) in [5.41, 5.74) is 3.60. The lowest BCUT2D eigenvalue weighted by molar-refractivity contribution is -0.109. The Morgan fingerprint density at radius 2 is 1.94 bits per heavy atom. The topological polar surface area (TPSA) is 70.2 Å². The Bertz CT molecular complexity index is 1280. The number of amides is 1. The highest BCUT2D eigenvalue weighted by molar-refractivity contribution is 7.98. The summed E-state index contributed by atoms with van der Waals surface area (Å²) in [5, 5.41) is 5.97. The summed E-state index contributed by atoms with van der Waals surface area (Å²) in [5.74, 6) is 0.814. The largest absolute Gasteiger partial charge is 0.355 e. The highest BCUT2D eigenvalue weighted by Crippen LogP contribution is 2.37. The second-order valence-electron chi connectivity index (χ2n) is 8.07. The van der Waals surface area contributed by atoms with Crippen molar-refractivity contribution in [1.29, 1.82) is 0 Å². The van der Waals surface area contributed by atoms with Crippen molar-refractivity contribution in [2.75, 3.05) is 37.3 Å². The number of thioether (sulfide) groups is 1. The van der Waals surface area contributed by atoms with Gasteiger partial charge in [-0.05, 0) is 54.1 Å². The third-order valence-corrected chi connectivity index (χ3v) is 7.63. The number of aryl methyl sites for hydroxylation is 1. The monoisotopic (exact) mass is 513 g/mol. The van der Waals surface area contributed by atoms with Crippen LogP contribution in [-0.2, 0) is 11.3 Å². The highest BCUT2D eigenvalue weighted by atomic mass is 32.2. The second kappa shape index (κ2) is 12.1. The summed E-state index contributed by atoms with van der Waals surface area (Å²) in [6.45, 7) is 6.20. The molecule has 2 N–H and O–H groups in total. The number of hydrogen-bond acceptors (Lipinski definition) is 7. The van der Waals surface area contributed by atoms with Crippen molar-refractivity contribution in [2.45, 2.75) is 18.4 Å². The van der Waals surface area contributed by atoms with Gasteiger partial charge < -0.3 is 15.5 Å². The Balaban J connectivity index is 0.000000296. The fourth-order valence-corrected chi connectivity index (χ4v) is 5.27. The van der Waals surface area contributed by atoms with E-state index in [1.165, 1.54) is 4.90 Å². The molecular weight excluding hydrogens is 481 g/mol. The van der Waals surface area contributed by atoms with Crippen molar-refractivity contribution in [3.63, 3.8) is 0 Å². The van der Waals surface area contributed by atoms with Crippen LogP contribution >= 0.6 is 23.1 Å². The Kier molecular flexibility index (Phi) is 8.68. The summed E-state index contributed by atoms with van der Waals surface area (Å²) in [6, 6.07) is 15.5. The van der Waals surface area contributed by atoms with E-state index in [-0.39, 0.29) is 8.67 Å². The number of nitrogens with one attached hydrogen (secondary N) is 2. The number of carbonyl (C=O) groups excluding carboxylic acids is 1.